The number of nitrogens with zero attached hydrogens (tertiary/aromatic N) is 1. The van der Waals surface area contributed by atoms with E-state index < -0.39 is 10.1 Å². The lowest BCUT2D eigenvalue weighted by molar-refractivity contribution is 0.100. The number of hydrogen-bond acceptors (Lipinski definition) is 5. The zero-order valence-corrected chi connectivity index (χ0v) is 13.1. The zero-order chi connectivity index (χ0) is 17.0. The normalized spacial score (nSPS) is 15.0. The molecule has 0 fully saturated rings. The van der Waals surface area contributed by atoms with E-state index in [0.717, 1.165) is 11.1 Å². The first kappa shape index (κ1) is 16.9. The van der Waals surface area contributed by atoms with Crippen molar-refractivity contribution in [3.05, 3.63) is 65.2 Å². The number of hydrogen-bond donors (Lipinski definition) is 2. The monoisotopic (exact) mass is 333 g/mol. The number of benzene rings is 2. The molecule has 0 aromatic heterocycles. The highest BCUT2D eigenvalue weighted by Crippen LogP contribution is 2.21. The molecule has 0 heterocycles. The quantitative estimate of drug-likeness (QED) is 0.474. The fraction of sp³-hybridized carbons (Fsp3) is 0.125. The predicted molar refractivity (Wildman–Crippen MR) is 84.7 cm³/mol. The second-order valence-electron chi connectivity index (χ2n) is 4.98. The highest BCUT2D eigenvalue weighted by atomic mass is 32.2. The summed E-state index contributed by atoms with van der Waals surface area (Å²) in [6.45, 7) is 1.84. The van der Waals surface area contributed by atoms with Crippen LogP contribution in [-0.2, 0) is 10.1 Å². The molecule has 0 atom stereocenters. The van der Waals surface area contributed by atoms with Gasteiger partial charge in [0.1, 0.15) is 0 Å². The molecular formula is C16H15NO5S. The van der Waals surface area contributed by atoms with Crippen molar-refractivity contribution in [3.8, 4) is 0 Å². The Labute approximate surface area is 133 Å². The molecule has 0 saturated heterocycles. The number of Topliss-reactive ketones (excluding diaryl/α,β-unsaturated/α-hetero) is 1. The molecule has 0 radical (unpaired) electrons. The van der Waals surface area contributed by atoms with Crippen molar-refractivity contribution in [1.82, 2.24) is 0 Å². The van der Waals surface area contributed by atoms with Crippen molar-refractivity contribution < 1.29 is 23.0 Å². The molecule has 2 aromatic carbocycles. The Bertz CT molecular complexity index is 854. The summed E-state index contributed by atoms with van der Waals surface area (Å²) in [5, 5.41) is 11.6. The van der Waals surface area contributed by atoms with Crippen LogP contribution in [-0.4, -0.2) is 29.7 Å². The molecule has 1 aliphatic rings. The molecule has 0 saturated carbocycles. The third-order valence-electron chi connectivity index (χ3n) is 3.31. The molecule has 2 N–H and O–H groups in total. The Morgan fingerprint density at radius 3 is 2.09 bits per heavy atom. The van der Waals surface area contributed by atoms with E-state index in [9.17, 15) is 13.2 Å². The Morgan fingerprint density at radius 2 is 1.57 bits per heavy atom. The zero-order valence-electron chi connectivity index (χ0n) is 12.3. The summed E-state index contributed by atoms with van der Waals surface area (Å²) >= 11 is 0. The van der Waals surface area contributed by atoms with Crippen molar-refractivity contribution in [2.24, 2.45) is 5.16 Å². The van der Waals surface area contributed by atoms with Crippen molar-refractivity contribution in [3.63, 3.8) is 0 Å². The Kier molecular flexibility index (Phi) is 4.92. The first-order valence-corrected chi connectivity index (χ1v) is 8.14. The highest BCUT2D eigenvalue weighted by molar-refractivity contribution is 7.85. The molecule has 1 aliphatic carbocycles. The van der Waals surface area contributed by atoms with Gasteiger partial charge in [-0.05, 0) is 19.1 Å². The number of oxime groups is 1. The van der Waals surface area contributed by atoms with Crippen LogP contribution >= 0.6 is 0 Å². The van der Waals surface area contributed by atoms with Gasteiger partial charge in [-0.1, -0.05) is 47.1 Å². The van der Waals surface area contributed by atoms with Crippen molar-refractivity contribution in [2.45, 2.75) is 18.2 Å². The molecule has 0 aliphatic heterocycles. The molecular weight excluding hydrogens is 318 g/mol. The van der Waals surface area contributed by atoms with E-state index in [1.807, 2.05) is 13.0 Å². The molecule has 120 valence electrons. The third kappa shape index (κ3) is 4.02. The fourth-order valence-corrected chi connectivity index (χ4v) is 2.60. The maximum absolute atomic E-state index is 11.2. The molecule has 0 amide bonds. The van der Waals surface area contributed by atoms with Gasteiger partial charge in [0.15, 0.2) is 5.78 Å². The van der Waals surface area contributed by atoms with E-state index in [0.29, 0.717) is 11.3 Å². The number of aryl methyl sites for hydroxylation is 1. The Hall–Kier alpha value is -2.51. The van der Waals surface area contributed by atoms with Crippen LogP contribution in [0.4, 0.5) is 0 Å². The van der Waals surface area contributed by atoms with Crippen LogP contribution in [0.2, 0.25) is 0 Å². The second kappa shape index (κ2) is 6.72. The summed E-state index contributed by atoms with van der Waals surface area (Å²) in [7, 11) is -4.02. The summed E-state index contributed by atoms with van der Waals surface area (Å²) in [5.74, 6) is 0.0263. The van der Waals surface area contributed by atoms with E-state index in [4.69, 9.17) is 9.76 Å². The average Bonchev–Trinajstić information content (AvgIpc) is 2.84. The van der Waals surface area contributed by atoms with Crippen LogP contribution in [0.5, 0.6) is 0 Å². The first-order valence-electron chi connectivity index (χ1n) is 6.70. The van der Waals surface area contributed by atoms with E-state index in [1.54, 1.807) is 30.3 Å². The van der Waals surface area contributed by atoms with Crippen molar-refractivity contribution in [2.75, 3.05) is 0 Å². The van der Waals surface area contributed by atoms with E-state index >= 15 is 0 Å². The van der Waals surface area contributed by atoms with Gasteiger partial charge in [0.25, 0.3) is 10.1 Å². The minimum atomic E-state index is -4.02. The van der Waals surface area contributed by atoms with Crippen LogP contribution in [0.25, 0.3) is 0 Å². The number of ketones is 1. The third-order valence-corrected chi connectivity index (χ3v) is 4.17. The number of rotatable bonds is 1. The van der Waals surface area contributed by atoms with Gasteiger partial charge in [-0.2, -0.15) is 8.42 Å². The van der Waals surface area contributed by atoms with Gasteiger partial charge in [0.05, 0.1) is 17.0 Å². The smallest absolute Gasteiger partial charge is 0.294 e. The summed E-state index contributed by atoms with van der Waals surface area (Å²) in [6, 6.07) is 13.1. The van der Waals surface area contributed by atoms with Gasteiger partial charge in [-0.25, -0.2) is 0 Å². The van der Waals surface area contributed by atoms with Gasteiger partial charge in [0.2, 0.25) is 0 Å². The summed E-state index contributed by atoms with van der Waals surface area (Å²) < 4.78 is 29.6. The predicted octanol–water partition coefficient (Wildman–Crippen LogP) is 2.69. The topological polar surface area (TPSA) is 104 Å². The molecule has 0 bridgehead atoms. The van der Waals surface area contributed by atoms with Crippen LogP contribution in [0.3, 0.4) is 0 Å². The molecule has 0 unspecified atom stereocenters. The van der Waals surface area contributed by atoms with Gasteiger partial charge in [-0.3, -0.25) is 9.35 Å². The molecule has 3 rings (SSSR count). The molecule has 2 aromatic rings. The maximum Gasteiger partial charge on any atom is 0.294 e. The molecule has 7 heteroatoms. The van der Waals surface area contributed by atoms with Crippen molar-refractivity contribution >= 4 is 21.6 Å². The Morgan fingerprint density at radius 1 is 1.00 bits per heavy atom. The molecule has 6 nitrogen and oxygen atoms in total. The lowest BCUT2D eigenvalue weighted by Crippen LogP contribution is -1.96. The standard InChI is InChI=1S/C9H7NO2.C7H8O3S/c11-9-5-8(10-12)6-3-1-2-4-7(6)9;1-6-2-4-7(5-3-6)11(8,9)10/h1-4,12H,5H2;2-5H,1H3,(H,8,9,10). The summed E-state index contributed by atoms with van der Waals surface area (Å²) in [4.78, 5) is 11.2. The van der Waals surface area contributed by atoms with E-state index in [-0.39, 0.29) is 17.1 Å². The van der Waals surface area contributed by atoms with Gasteiger partial charge in [0, 0.05) is 11.1 Å². The van der Waals surface area contributed by atoms with Crippen LogP contribution in [0.15, 0.2) is 58.6 Å². The largest absolute Gasteiger partial charge is 0.411 e. The van der Waals surface area contributed by atoms with Gasteiger partial charge in [-0.15, -0.1) is 0 Å². The Balaban J connectivity index is 0.000000168. The summed E-state index contributed by atoms with van der Waals surface area (Å²) in [6.07, 6.45) is 0.218. The van der Waals surface area contributed by atoms with Crippen LogP contribution in [0, 0.1) is 6.92 Å². The number of fused-ring (bicyclic) bond motifs is 1. The SMILES string of the molecule is Cc1ccc(S(=O)(=O)O)cc1.O=C1CC(=NO)c2ccccc21. The number of carbonyl (C=O) groups excluding carboxylic acids is 1. The van der Waals surface area contributed by atoms with Gasteiger partial charge < -0.3 is 5.21 Å². The molecule has 0 spiro atoms. The van der Waals surface area contributed by atoms with Gasteiger partial charge >= 0.3 is 0 Å². The minimum absolute atomic E-state index is 0.0263. The highest BCUT2D eigenvalue weighted by Gasteiger charge is 2.24. The minimum Gasteiger partial charge on any atom is -0.411 e. The van der Waals surface area contributed by atoms with Crippen LogP contribution < -0.4 is 0 Å². The van der Waals surface area contributed by atoms with E-state index in [2.05, 4.69) is 5.16 Å². The first-order chi connectivity index (χ1) is 10.8. The van der Waals surface area contributed by atoms with E-state index in [1.165, 1.54) is 12.1 Å². The molecule has 23 heavy (non-hydrogen) atoms. The van der Waals surface area contributed by atoms with Crippen LogP contribution in [0.1, 0.15) is 27.9 Å². The lowest BCUT2D eigenvalue weighted by atomic mass is 10.1. The second-order valence-corrected chi connectivity index (χ2v) is 6.40. The maximum atomic E-state index is 11.2. The fourth-order valence-electron chi connectivity index (χ4n) is 2.12. The van der Waals surface area contributed by atoms with Crippen molar-refractivity contribution in [1.29, 1.82) is 0 Å². The number of carbonyl (C=O) groups is 1. The average molecular weight is 333 g/mol. The summed E-state index contributed by atoms with van der Waals surface area (Å²) in [5.41, 5.74) is 2.84. The lowest BCUT2D eigenvalue weighted by Gasteiger charge is -1.95.